The summed E-state index contributed by atoms with van der Waals surface area (Å²) in [5, 5.41) is 0. The summed E-state index contributed by atoms with van der Waals surface area (Å²) in [7, 11) is 0. The van der Waals surface area contributed by atoms with E-state index in [9.17, 15) is 4.79 Å². The molecule has 1 unspecified atom stereocenters. The molecule has 2 bridgehead atoms. The first-order valence-corrected chi connectivity index (χ1v) is 9.24. The fraction of sp³-hybridized carbons (Fsp3) is 0.409. The highest BCUT2D eigenvalue weighted by Gasteiger charge is 2.59. The molecule has 0 radical (unpaired) electrons. The summed E-state index contributed by atoms with van der Waals surface area (Å²) in [5.74, 6) is 2.02. The molecule has 2 saturated carbocycles. The standard InChI is InChI=1S/C22H23NO/c24-22(17-9-5-2-6-10-17)21-20(16-7-3-1-4-8-16)23(21)19-14-15-11-12-18(19)13-15/h1-10,15,18-21H,11-14H2/t15-,18+,19-,20+,21+,23?/m1/s1. The normalized spacial score (nSPS) is 36.7. The number of benzene rings is 2. The van der Waals surface area contributed by atoms with Crippen LogP contribution in [0.15, 0.2) is 60.7 Å². The fourth-order valence-corrected chi connectivity index (χ4v) is 5.29. The van der Waals surface area contributed by atoms with Crippen LogP contribution in [-0.2, 0) is 0 Å². The van der Waals surface area contributed by atoms with Crippen LogP contribution in [-0.4, -0.2) is 22.8 Å². The van der Waals surface area contributed by atoms with Gasteiger partial charge in [-0.05, 0) is 36.7 Å². The maximum atomic E-state index is 13.1. The van der Waals surface area contributed by atoms with Gasteiger partial charge in [-0.3, -0.25) is 9.69 Å². The smallest absolute Gasteiger partial charge is 0.181 e. The van der Waals surface area contributed by atoms with Crippen molar-refractivity contribution >= 4 is 5.78 Å². The lowest BCUT2D eigenvalue weighted by atomic mass is 9.95. The largest absolute Gasteiger partial charge is 0.292 e. The van der Waals surface area contributed by atoms with E-state index in [2.05, 4.69) is 35.2 Å². The van der Waals surface area contributed by atoms with E-state index in [1.165, 1.54) is 31.2 Å². The number of ketones is 1. The van der Waals surface area contributed by atoms with Gasteiger partial charge in [-0.2, -0.15) is 0 Å². The van der Waals surface area contributed by atoms with Gasteiger partial charge in [-0.25, -0.2) is 0 Å². The van der Waals surface area contributed by atoms with Gasteiger partial charge in [0, 0.05) is 11.6 Å². The van der Waals surface area contributed by atoms with Gasteiger partial charge in [0.25, 0.3) is 0 Å². The maximum Gasteiger partial charge on any atom is 0.181 e. The van der Waals surface area contributed by atoms with Crippen molar-refractivity contribution in [3.63, 3.8) is 0 Å². The number of carbonyl (C=O) groups is 1. The van der Waals surface area contributed by atoms with Crippen molar-refractivity contribution in [3.8, 4) is 0 Å². The predicted octanol–water partition coefficient (Wildman–Crippen LogP) is 4.48. The molecule has 2 aromatic rings. The third-order valence-corrected chi connectivity index (χ3v) is 6.40. The molecule has 6 atom stereocenters. The Labute approximate surface area is 143 Å². The summed E-state index contributed by atoms with van der Waals surface area (Å²) in [4.78, 5) is 15.7. The maximum absolute atomic E-state index is 13.1. The van der Waals surface area contributed by atoms with Crippen molar-refractivity contribution in [2.75, 3.05) is 0 Å². The molecule has 2 heteroatoms. The minimum Gasteiger partial charge on any atom is -0.292 e. The summed E-state index contributed by atoms with van der Waals surface area (Å²) < 4.78 is 0. The third-order valence-electron chi connectivity index (χ3n) is 6.40. The molecule has 1 saturated heterocycles. The molecule has 0 amide bonds. The summed E-state index contributed by atoms with van der Waals surface area (Å²) in [5.41, 5.74) is 2.16. The van der Waals surface area contributed by atoms with Gasteiger partial charge in [-0.1, -0.05) is 67.1 Å². The van der Waals surface area contributed by atoms with E-state index < -0.39 is 0 Å². The number of Topliss-reactive ketones (excluding diaryl/α,β-unsaturated/α-hetero) is 1. The monoisotopic (exact) mass is 317 g/mol. The highest BCUT2D eigenvalue weighted by molar-refractivity contribution is 6.02. The van der Waals surface area contributed by atoms with Crippen LogP contribution in [0.3, 0.4) is 0 Å². The van der Waals surface area contributed by atoms with E-state index >= 15 is 0 Å². The number of fused-ring (bicyclic) bond motifs is 2. The molecule has 0 aromatic heterocycles. The van der Waals surface area contributed by atoms with E-state index in [1.54, 1.807) is 0 Å². The SMILES string of the molecule is O=C(c1ccccc1)[C@@H]1[C@H](c2ccccc2)N1[C@@H]1C[C@@H]2CC[C@H]1C2. The number of rotatable bonds is 4. The Morgan fingerprint density at radius 1 is 0.875 bits per heavy atom. The molecule has 0 spiro atoms. The van der Waals surface area contributed by atoms with E-state index in [0.29, 0.717) is 11.8 Å². The second kappa shape index (κ2) is 5.56. The van der Waals surface area contributed by atoms with Crippen LogP contribution in [0.5, 0.6) is 0 Å². The molecular formula is C22H23NO. The second-order valence-corrected chi connectivity index (χ2v) is 7.72. The highest BCUT2D eigenvalue weighted by Crippen LogP contribution is 2.56. The van der Waals surface area contributed by atoms with Gasteiger partial charge in [-0.15, -0.1) is 0 Å². The van der Waals surface area contributed by atoms with E-state index in [1.807, 2.05) is 30.3 Å². The van der Waals surface area contributed by atoms with Crippen molar-refractivity contribution in [3.05, 3.63) is 71.8 Å². The zero-order valence-electron chi connectivity index (χ0n) is 13.8. The van der Waals surface area contributed by atoms with Gasteiger partial charge in [0.05, 0.1) is 12.1 Å². The van der Waals surface area contributed by atoms with E-state index in [4.69, 9.17) is 0 Å². The van der Waals surface area contributed by atoms with Crippen LogP contribution >= 0.6 is 0 Å². The lowest BCUT2D eigenvalue weighted by Gasteiger charge is -2.24. The summed E-state index contributed by atoms with van der Waals surface area (Å²) >= 11 is 0. The lowest BCUT2D eigenvalue weighted by Crippen LogP contribution is -2.29. The van der Waals surface area contributed by atoms with Gasteiger partial charge >= 0.3 is 0 Å². The van der Waals surface area contributed by atoms with Crippen molar-refractivity contribution in [2.45, 2.75) is 43.8 Å². The zero-order valence-corrected chi connectivity index (χ0v) is 13.8. The summed E-state index contributed by atoms with van der Waals surface area (Å²) in [6.45, 7) is 0. The Morgan fingerprint density at radius 2 is 1.58 bits per heavy atom. The first-order chi connectivity index (χ1) is 11.8. The summed E-state index contributed by atoms with van der Waals surface area (Å²) in [6, 6.07) is 21.4. The van der Waals surface area contributed by atoms with Gasteiger partial charge in [0.2, 0.25) is 0 Å². The van der Waals surface area contributed by atoms with Crippen molar-refractivity contribution in [1.82, 2.24) is 4.90 Å². The Hall–Kier alpha value is -1.93. The first-order valence-electron chi connectivity index (χ1n) is 9.24. The quantitative estimate of drug-likeness (QED) is 0.612. The van der Waals surface area contributed by atoms with Crippen molar-refractivity contribution in [1.29, 1.82) is 0 Å². The average Bonchev–Trinajstić information content (AvgIpc) is 3.00. The number of hydrogen-bond donors (Lipinski definition) is 0. The number of hydrogen-bond acceptors (Lipinski definition) is 2. The third kappa shape index (κ3) is 2.24. The first kappa shape index (κ1) is 14.4. The zero-order chi connectivity index (χ0) is 16.1. The van der Waals surface area contributed by atoms with Crippen molar-refractivity contribution in [2.24, 2.45) is 11.8 Å². The molecule has 0 N–H and O–H groups in total. The predicted molar refractivity (Wildman–Crippen MR) is 94.8 cm³/mol. The molecular weight excluding hydrogens is 294 g/mol. The van der Waals surface area contributed by atoms with Crippen LogP contribution < -0.4 is 0 Å². The molecule has 3 fully saturated rings. The number of carbonyl (C=O) groups excluding carboxylic acids is 1. The second-order valence-electron chi connectivity index (χ2n) is 7.72. The van der Waals surface area contributed by atoms with Gasteiger partial charge in [0.1, 0.15) is 0 Å². The van der Waals surface area contributed by atoms with Crippen LogP contribution in [0.1, 0.15) is 47.6 Å². The Kier molecular flexibility index (Phi) is 3.34. The van der Waals surface area contributed by atoms with Crippen LogP contribution in [0.2, 0.25) is 0 Å². The van der Waals surface area contributed by atoms with Gasteiger partial charge < -0.3 is 0 Å². The molecule has 2 aliphatic carbocycles. The van der Waals surface area contributed by atoms with E-state index in [0.717, 1.165) is 17.4 Å². The molecule has 24 heavy (non-hydrogen) atoms. The molecule has 3 aliphatic rings. The van der Waals surface area contributed by atoms with Gasteiger partial charge in [0.15, 0.2) is 5.78 Å². The Bertz CT molecular complexity index is 741. The fourth-order valence-electron chi connectivity index (χ4n) is 5.29. The molecule has 5 rings (SSSR count). The molecule has 2 nitrogen and oxygen atoms in total. The lowest BCUT2D eigenvalue weighted by molar-refractivity contribution is 0.0960. The minimum absolute atomic E-state index is 0.0409. The molecule has 2 aromatic carbocycles. The van der Waals surface area contributed by atoms with Crippen LogP contribution in [0, 0.1) is 11.8 Å². The highest BCUT2D eigenvalue weighted by atomic mass is 16.1. The van der Waals surface area contributed by atoms with Crippen LogP contribution in [0.25, 0.3) is 0 Å². The van der Waals surface area contributed by atoms with Crippen LogP contribution in [0.4, 0.5) is 0 Å². The topological polar surface area (TPSA) is 20.1 Å². The van der Waals surface area contributed by atoms with E-state index in [-0.39, 0.29) is 12.1 Å². The average molecular weight is 317 g/mol. The summed E-state index contributed by atoms with van der Waals surface area (Å²) in [6.07, 6.45) is 5.45. The minimum atomic E-state index is 0.0409. The molecule has 1 aliphatic heterocycles. The number of nitrogens with zero attached hydrogens (tertiary/aromatic N) is 1. The molecule has 122 valence electrons. The Balaban J connectivity index is 1.46. The molecule has 1 heterocycles. The van der Waals surface area contributed by atoms with Crippen molar-refractivity contribution < 1.29 is 4.79 Å². The Morgan fingerprint density at radius 3 is 2.21 bits per heavy atom.